The summed E-state index contributed by atoms with van der Waals surface area (Å²) in [6.45, 7) is 5.46. The van der Waals surface area contributed by atoms with Crippen LogP contribution in [-0.4, -0.2) is 32.5 Å². The first-order valence-corrected chi connectivity index (χ1v) is 10.4. The maximum atomic E-state index is 13.1. The van der Waals surface area contributed by atoms with Crippen LogP contribution >= 0.6 is 11.3 Å². The van der Waals surface area contributed by atoms with Crippen LogP contribution < -0.4 is 5.32 Å². The van der Waals surface area contributed by atoms with Crippen molar-refractivity contribution in [2.24, 2.45) is 5.92 Å². The van der Waals surface area contributed by atoms with Crippen molar-refractivity contribution in [1.82, 2.24) is 20.1 Å². The molecule has 150 valence electrons. The Kier molecular flexibility index (Phi) is 5.53. The lowest BCUT2D eigenvalue weighted by molar-refractivity contribution is -0.132. The van der Waals surface area contributed by atoms with Gasteiger partial charge in [-0.15, -0.1) is 10.2 Å². The highest BCUT2D eigenvalue weighted by atomic mass is 32.1. The van der Waals surface area contributed by atoms with Crippen LogP contribution in [0.5, 0.6) is 0 Å². The largest absolute Gasteiger partial charge is 0.337 e. The van der Waals surface area contributed by atoms with Gasteiger partial charge in [0.05, 0.1) is 17.9 Å². The normalized spacial score (nSPS) is 13.4. The Bertz CT molecular complexity index is 1000. The molecule has 2 aromatic heterocycles. The molecule has 1 amide bonds. The summed E-state index contributed by atoms with van der Waals surface area (Å²) in [5.41, 5.74) is 2.52. The molecule has 4 rings (SSSR count). The monoisotopic (exact) mass is 411 g/mol. The van der Waals surface area contributed by atoms with E-state index >= 15 is 0 Å². The highest BCUT2D eigenvalue weighted by molar-refractivity contribution is 7.15. The molecule has 0 saturated heterocycles. The molecule has 1 aliphatic rings. The van der Waals surface area contributed by atoms with Gasteiger partial charge in [-0.05, 0) is 42.3 Å². The zero-order valence-corrected chi connectivity index (χ0v) is 17.2. The standard InChI is InChI=1S/C21H22FN5OS/c1-13(2)11-20(28)27-10-9-17-18(12-27)29-21(23-17)24-19-8-7-16(25-26-19)14-3-5-15(22)6-4-14/h3-8,13H,9-12H2,1-2H3,(H,23,24,26). The second-order valence-corrected chi connectivity index (χ2v) is 8.57. The number of benzene rings is 1. The number of carbonyl (C=O) groups is 1. The van der Waals surface area contributed by atoms with Crippen LogP contribution in [-0.2, 0) is 17.8 Å². The van der Waals surface area contributed by atoms with Gasteiger partial charge in [-0.1, -0.05) is 25.2 Å². The van der Waals surface area contributed by atoms with Crippen LogP contribution in [0, 0.1) is 11.7 Å². The van der Waals surface area contributed by atoms with Crippen LogP contribution in [0.25, 0.3) is 11.3 Å². The Morgan fingerprint density at radius 3 is 2.69 bits per heavy atom. The number of nitrogens with zero attached hydrogens (tertiary/aromatic N) is 4. The second kappa shape index (κ2) is 8.24. The summed E-state index contributed by atoms with van der Waals surface area (Å²) in [4.78, 5) is 20.0. The number of hydrogen-bond acceptors (Lipinski definition) is 6. The quantitative estimate of drug-likeness (QED) is 0.673. The lowest BCUT2D eigenvalue weighted by atomic mass is 10.1. The first-order valence-electron chi connectivity index (χ1n) is 9.61. The summed E-state index contributed by atoms with van der Waals surface area (Å²) < 4.78 is 13.1. The molecule has 0 bridgehead atoms. The number of aromatic nitrogens is 3. The minimum Gasteiger partial charge on any atom is -0.337 e. The molecule has 0 fully saturated rings. The van der Waals surface area contributed by atoms with Gasteiger partial charge in [0.1, 0.15) is 5.82 Å². The van der Waals surface area contributed by atoms with E-state index in [-0.39, 0.29) is 11.7 Å². The smallest absolute Gasteiger partial charge is 0.223 e. The number of rotatable bonds is 5. The molecule has 0 spiro atoms. The predicted octanol–water partition coefficient (Wildman–Crippen LogP) is 4.41. The van der Waals surface area contributed by atoms with Crippen molar-refractivity contribution >= 4 is 28.2 Å². The topological polar surface area (TPSA) is 71.0 Å². The van der Waals surface area contributed by atoms with Crippen molar-refractivity contribution in [3.05, 3.63) is 52.8 Å². The number of amides is 1. The van der Waals surface area contributed by atoms with Crippen molar-refractivity contribution in [3.63, 3.8) is 0 Å². The van der Waals surface area contributed by atoms with Crippen molar-refractivity contribution in [2.75, 3.05) is 11.9 Å². The van der Waals surface area contributed by atoms with Crippen molar-refractivity contribution in [1.29, 1.82) is 0 Å². The van der Waals surface area contributed by atoms with Crippen molar-refractivity contribution in [3.8, 4) is 11.3 Å². The summed E-state index contributed by atoms with van der Waals surface area (Å²) in [7, 11) is 0. The fraction of sp³-hybridized carbons (Fsp3) is 0.333. The van der Waals surface area contributed by atoms with Crippen molar-refractivity contribution < 1.29 is 9.18 Å². The maximum absolute atomic E-state index is 13.1. The van der Waals surface area contributed by atoms with Gasteiger partial charge in [0.2, 0.25) is 5.91 Å². The van der Waals surface area contributed by atoms with Gasteiger partial charge in [-0.3, -0.25) is 4.79 Å². The lowest BCUT2D eigenvalue weighted by Crippen LogP contribution is -2.36. The summed E-state index contributed by atoms with van der Waals surface area (Å²) >= 11 is 1.55. The van der Waals surface area contributed by atoms with Crippen LogP contribution in [0.3, 0.4) is 0 Å². The Hall–Kier alpha value is -2.87. The molecule has 8 heteroatoms. The maximum Gasteiger partial charge on any atom is 0.223 e. The molecule has 3 heterocycles. The molecule has 0 unspecified atom stereocenters. The zero-order valence-electron chi connectivity index (χ0n) is 16.4. The second-order valence-electron chi connectivity index (χ2n) is 7.49. The van der Waals surface area contributed by atoms with Gasteiger partial charge in [0.15, 0.2) is 10.9 Å². The fourth-order valence-electron chi connectivity index (χ4n) is 3.22. The Morgan fingerprint density at radius 2 is 2.00 bits per heavy atom. The van der Waals surface area contributed by atoms with Gasteiger partial charge in [0.25, 0.3) is 0 Å². The van der Waals surface area contributed by atoms with Gasteiger partial charge >= 0.3 is 0 Å². The van der Waals surface area contributed by atoms with Crippen LogP contribution in [0.1, 0.15) is 30.8 Å². The SMILES string of the molecule is CC(C)CC(=O)N1CCc2nc(Nc3ccc(-c4ccc(F)cc4)nn3)sc2C1. The van der Waals surface area contributed by atoms with Gasteiger partial charge in [0, 0.05) is 29.8 Å². The highest BCUT2D eigenvalue weighted by Crippen LogP contribution is 2.30. The lowest BCUT2D eigenvalue weighted by Gasteiger charge is -2.26. The summed E-state index contributed by atoms with van der Waals surface area (Å²) in [6.07, 6.45) is 1.35. The molecule has 1 N–H and O–H groups in total. The van der Waals surface area contributed by atoms with E-state index in [0.717, 1.165) is 27.7 Å². The number of carbonyl (C=O) groups excluding carboxylic acids is 1. The van der Waals surface area contributed by atoms with E-state index in [2.05, 4.69) is 34.3 Å². The number of fused-ring (bicyclic) bond motifs is 1. The van der Waals surface area contributed by atoms with Crippen molar-refractivity contribution in [2.45, 2.75) is 33.2 Å². The van der Waals surface area contributed by atoms with Gasteiger partial charge < -0.3 is 10.2 Å². The summed E-state index contributed by atoms with van der Waals surface area (Å²) in [5, 5.41) is 12.4. The Morgan fingerprint density at radius 1 is 1.21 bits per heavy atom. The Labute approximate surface area is 172 Å². The molecular formula is C21H22FN5OS. The minimum absolute atomic E-state index is 0.204. The third-order valence-electron chi connectivity index (χ3n) is 4.71. The van der Waals surface area contributed by atoms with Crippen LogP contribution in [0.4, 0.5) is 15.3 Å². The number of thiazole rings is 1. The third-order valence-corrected chi connectivity index (χ3v) is 5.70. The average molecular weight is 412 g/mol. The third kappa shape index (κ3) is 4.59. The number of anilines is 2. The molecule has 1 aliphatic heterocycles. The molecular weight excluding hydrogens is 389 g/mol. The number of halogens is 1. The average Bonchev–Trinajstić information content (AvgIpc) is 3.10. The molecule has 0 atom stereocenters. The molecule has 0 saturated carbocycles. The van der Waals surface area contributed by atoms with E-state index in [9.17, 15) is 9.18 Å². The summed E-state index contributed by atoms with van der Waals surface area (Å²) in [5.74, 6) is 0.877. The number of hydrogen-bond donors (Lipinski definition) is 1. The van der Waals surface area contributed by atoms with E-state index in [4.69, 9.17) is 0 Å². The van der Waals surface area contributed by atoms with Crippen LogP contribution in [0.15, 0.2) is 36.4 Å². The van der Waals surface area contributed by atoms with E-state index in [0.29, 0.717) is 36.9 Å². The minimum atomic E-state index is -0.280. The van der Waals surface area contributed by atoms with Gasteiger partial charge in [-0.2, -0.15) is 0 Å². The van der Waals surface area contributed by atoms with E-state index in [1.54, 1.807) is 23.5 Å². The highest BCUT2D eigenvalue weighted by Gasteiger charge is 2.24. The molecule has 6 nitrogen and oxygen atoms in total. The molecule has 0 radical (unpaired) electrons. The first kappa shape index (κ1) is 19.4. The molecule has 3 aromatic rings. The zero-order chi connectivity index (χ0) is 20.4. The van der Waals surface area contributed by atoms with E-state index in [1.165, 1.54) is 12.1 Å². The molecule has 0 aliphatic carbocycles. The fourth-order valence-corrected chi connectivity index (χ4v) is 4.25. The number of nitrogens with one attached hydrogen (secondary N) is 1. The first-order chi connectivity index (χ1) is 14.0. The van der Waals surface area contributed by atoms with Gasteiger partial charge in [-0.25, -0.2) is 9.37 Å². The van der Waals surface area contributed by atoms with E-state index in [1.807, 2.05) is 17.0 Å². The summed E-state index contributed by atoms with van der Waals surface area (Å²) in [6, 6.07) is 9.81. The van der Waals surface area contributed by atoms with Crippen LogP contribution in [0.2, 0.25) is 0 Å². The molecule has 1 aromatic carbocycles. The molecule has 29 heavy (non-hydrogen) atoms. The predicted molar refractivity (Wildman–Crippen MR) is 111 cm³/mol. The van der Waals surface area contributed by atoms with E-state index < -0.39 is 0 Å². The Balaban J connectivity index is 1.43.